The molecular weight excluding hydrogens is 460 g/mol. The number of thioether (sulfide) groups is 1. The van der Waals surface area contributed by atoms with Crippen LogP contribution in [0.1, 0.15) is 29.3 Å². The van der Waals surface area contributed by atoms with Gasteiger partial charge in [0.1, 0.15) is 5.75 Å². The highest BCUT2D eigenvalue weighted by atomic mass is 32.2. The van der Waals surface area contributed by atoms with E-state index < -0.39 is 0 Å². The molecule has 0 N–H and O–H groups in total. The van der Waals surface area contributed by atoms with E-state index in [1.54, 1.807) is 25.3 Å². The van der Waals surface area contributed by atoms with Crippen LogP contribution in [0.15, 0.2) is 82.7 Å². The second kappa shape index (κ2) is 9.76. The minimum atomic E-state index is -0.189. The molecule has 0 unspecified atom stereocenters. The molecular formula is C27H24N4O3S. The summed E-state index contributed by atoms with van der Waals surface area (Å²) in [5.41, 5.74) is 3.06. The fourth-order valence-corrected chi connectivity index (χ4v) is 4.93. The molecule has 7 nitrogen and oxygen atoms in total. The Labute approximate surface area is 206 Å². The monoisotopic (exact) mass is 484 g/mol. The number of ether oxygens (including phenoxy) is 1. The highest BCUT2D eigenvalue weighted by Gasteiger charge is 2.19. The molecule has 0 saturated heterocycles. The summed E-state index contributed by atoms with van der Waals surface area (Å²) in [5, 5.41) is 9.78. The van der Waals surface area contributed by atoms with Crippen molar-refractivity contribution >= 4 is 34.2 Å². The zero-order valence-corrected chi connectivity index (χ0v) is 20.3. The molecule has 5 rings (SSSR count). The summed E-state index contributed by atoms with van der Waals surface area (Å²) >= 11 is 1.31. The molecule has 0 bridgehead atoms. The average Bonchev–Trinajstić information content (AvgIpc) is 3.32. The predicted octanol–water partition coefficient (Wildman–Crippen LogP) is 4.97. The quantitative estimate of drug-likeness (QED) is 0.229. The standard InChI is InChI=1S/C27H24N4O3S/c1-3-6-18-9-11-19(12-10-18)24(32)17-35-27-29-28-26-30(20-13-15-21(34-2)16-14-20)25(33)22-7-4-5-8-23(22)31(26)27/h4-5,7-16H,3,6,17H2,1-2H3. The summed E-state index contributed by atoms with van der Waals surface area (Å²) in [6, 6.07) is 22.3. The van der Waals surface area contributed by atoms with Gasteiger partial charge in [-0.3, -0.25) is 14.0 Å². The lowest BCUT2D eigenvalue weighted by molar-refractivity contribution is 0.102. The van der Waals surface area contributed by atoms with Gasteiger partial charge in [-0.25, -0.2) is 4.57 Å². The molecule has 2 aromatic heterocycles. The number of aromatic nitrogens is 4. The van der Waals surface area contributed by atoms with E-state index in [2.05, 4.69) is 17.1 Å². The van der Waals surface area contributed by atoms with E-state index in [9.17, 15) is 9.59 Å². The largest absolute Gasteiger partial charge is 0.497 e. The SMILES string of the molecule is CCCc1ccc(C(=O)CSc2nnc3n(-c4ccc(OC)cc4)c(=O)c4ccccc4n23)cc1. The van der Waals surface area contributed by atoms with Crippen LogP contribution in [0.2, 0.25) is 0 Å². The van der Waals surface area contributed by atoms with Crippen LogP contribution in [-0.2, 0) is 6.42 Å². The Balaban J connectivity index is 1.54. The Morgan fingerprint density at radius 1 is 0.971 bits per heavy atom. The third-order valence-corrected chi connectivity index (χ3v) is 6.80. The Morgan fingerprint density at radius 2 is 1.71 bits per heavy atom. The Hall–Kier alpha value is -3.91. The zero-order chi connectivity index (χ0) is 24.4. The molecule has 8 heteroatoms. The van der Waals surface area contributed by atoms with Crippen LogP contribution in [-0.4, -0.2) is 37.8 Å². The lowest BCUT2D eigenvalue weighted by Crippen LogP contribution is -2.21. The molecule has 0 amide bonds. The molecule has 3 aromatic carbocycles. The number of nitrogens with zero attached hydrogens (tertiary/aromatic N) is 4. The maximum atomic E-state index is 13.4. The van der Waals surface area contributed by atoms with Crippen LogP contribution in [0.3, 0.4) is 0 Å². The molecule has 0 spiro atoms. The van der Waals surface area contributed by atoms with Crippen molar-refractivity contribution in [2.24, 2.45) is 0 Å². The van der Waals surface area contributed by atoms with Crippen LogP contribution >= 0.6 is 11.8 Å². The summed E-state index contributed by atoms with van der Waals surface area (Å²) in [4.78, 5) is 26.3. The van der Waals surface area contributed by atoms with Crippen LogP contribution in [0.25, 0.3) is 22.4 Å². The van der Waals surface area contributed by atoms with Gasteiger partial charge in [-0.2, -0.15) is 0 Å². The minimum absolute atomic E-state index is 0.0163. The maximum absolute atomic E-state index is 13.4. The molecule has 0 atom stereocenters. The maximum Gasteiger partial charge on any atom is 0.267 e. The number of ketones is 1. The number of fused-ring (bicyclic) bond motifs is 3. The first kappa shape index (κ1) is 22.9. The Kier molecular flexibility index (Phi) is 6.37. The van der Waals surface area contributed by atoms with E-state index in [0.717, 1.165) is 12.8 Å². The number of benzene rings is 3. The Morgan fingerprint density at radius 3 is 2.43 bits per heavy atom. The average molecular weight is 485 g/mol. The van der Waals surface area contributed by atoms with Gasteiger partial charge in [0.15, 0.2) is 10.9 Å². The lowest BCUT2D eigenvalue weighted by atomic mass is 10.1. The molecule has 0 aliphatic carbocycles. The van der Waals surface area contributed by atoms with Gasteiger partial charge in [0, 0.05) is 5.56 Å². The summed E-state index contributed by atoms with van der Waals surface area (Å²) in [7, 11) is 1.60. The van der Waals surface area contributed by atoms with Crippen molar-refractivity contribution in [1.82, 2.24) is 19.2 Å². The molecule has 35 heavy (non-hydrogen) atoms. The highest BCUT2D eigenvalue weighted by Crippen LogP contribution is 2.24. The van der Waals surface area contributed by atoms with Crippen molar-refractivity contribution in [3.05, 3.63) is 94.3 Å². The van der Waals surface area contributed by atoms with Gasteiger partial charge in [-0.1, -0.05) is 61.5 Å². The summed E-state index contributed by atoms with van der Waals surface area (Å²) in [6.45, 7) is 2.14. The summed E-state index contributed by atoms with van der Waals surface area (Å²) < 4.78 is 8.62. The topological polar surface area (TPSA) is 78.5 Å². The first-order valence-corrected chi connectivity index (χ1v) is 12.4. The van der Waals surface area contributed by atoms with E-state index in [1.165, 1.54) is 21.9 Å². The van der Waals surface area contributed by atoms with Crippen molar-refractivity contribution in [3.8, 4) is 11.4 Å². The normalized spacial score (nSPS) is 11.3. The molecule has 0 fully saturated rings. The minimum Gasteiger partial charge on any atom is -0.497 e. The van der Waals surface area contributed by atoms with Crippen LogP contribution in [0, 0.1) is 0 Å². The van der Waals surface area contributed by atoms with E-state index >= 15 is 0 Å². The third-order valence-electron chi connectivity index (χ3n) is 5.87. The van der Waals surface area contributed by atoms with E-state index in [-0.39, 0.29) is 17.1 Å². The number of rotatable bonds is 8. The van der Waals surface area contributed by atoms with E-state index in [1.807, 2.05) is 59.0 Å². The molecule has 5 aromatic rings. The number of aryl methyl sites for hydroxylation is 1. The molecule has 176 valence electrons. The van der Waals surface area contributed by atoms with Gasteiger partial charge in [0.2, 0.25) is 5.78 Å². The summed E-state index contributed by atoms with van der Waals surface area (Å²) in [6.07, 6.45) is 2.07. The van der Waals surface area contributed by atoms with Gasteiger partial charge >= 0.3 is 0 Å². The zero-order valence-electron chi connectivity index (χ0n) is 19.5. The van der Waals surface area contributed by atoms with Crippen molar-refractivity contribution in [2.75, 3.05) is 12.9 Å². The second-order valence-corrected chi connectivity index (χ2v) is 9.07. The van der Waals surface area contributed by atoms with Crippen molar-refractivity contribution in [3.63, 3.8) is 0 Å². The number of methoxy groups -OCH3 is 1. The van der Waals surface area contributed by atoms with Gasteiger partial charge in [0.25, 0.3) is 5.56 Å². The van der Waals surface area contributed by atoms with Crippen molar-refractivity contribution < 1.29 is 9.53 Å². The van der Waals surface area contributed by atoms with Crippen LogP contribution in [0.5, 0.6) is 5.75 Å². The van der Waals surface area contributed by atoms with Crippen LogP contribution in [0.4, 0.5) is 0 Å². The second-order valence-electron chi connectivity index (χ2n) is 8.13. The fraction of sp³-hybridized carbons (Fsp3) is 0.185. The van der Waals surface area contributed by atoms with Crippen LogP contribution < -0.4 is 10.3 Å². The van der Waals surface area contributed by atoms with Crippen molar-refractivity contribution in [1.29, 1.82) is 0 Å². The summed E-state index contributed by atoms with van der Waals surface area (Å²) in [5.74, 6) is 1.31. The van der Waals surface area contributed by atoms with Crippen molar-refractivity contribution in [2.45, 2.75) is 24.9 Å². The molecule has 2 heterocycles. The predicted molar refractivity (Wildman–Crippen MR) is 138 cm³/mol. The lowest BCUT2D eigenvalue weighted by Gasteiger charge is -2.11. The highest BCUT2D eigenvalue weighted by molar-refractivity contribution is 7.99. The smallest absolute Gasteiger partial charge is 0.267 e. The molecule has 0 radical (unpaired) electrons. The first-order chi connectivity index (χ1) is 17.1. The number of Topliss-reactive ketones (excluding diaryl/α,β-unsaturated/α-hetero) is 1. The Bertz CT molecular complexity index is 1570. The van der Waals surface area contributed by atoms with E-state index in [0.29, 0.717) is 38.8 Å². The molecule has 0 saturated carbocycles. The van der Waals surface area contributed by atoms with E-state index in [4.69, 9.17) is 4.74 Å². The molecule has 0 aliphatic heterocycles. The van der Waals surface area contributed by atoms with Gasteiger partial charge < -0.3 is 4.74 Å². The number of hydrogen-bond acceptors (Lipinski definition) is 6. The van der Waals surface area contributed by atoms with Gasteiger partial charge in [0.05, 0.1) is 29.5 Å². The third kappa shape index (κ3) is 4.33. The first-order valence-electron chi connectivity index (χ1n) is 11.4. The fourth-order valence-electron chi connectivity index (χ4n) is 4.10. The number of para-hydroxylation sites is 1. The number of carbonyl (C=O) groups is 1. The molecule has 0 aliphatic rings. The van der Waals surface area contributed by atoms with Gasteiger partial charge in [-0.15, -0.1) is 10.2 Å². The number of carbonyl (C=O) groups excluding carboxylic acids is 1. The number of hydrogen-bond donors (Lipinski definition) is 0. The van der Waals surface area contributed by atoms with Gasteiger partial charge in [-0.05, 0) is 48.4 Å².